The molecule has 5 nitrogen and oxygen atoms in total. The standard InChI is InChI=1S/C14H14N4O/c15-14-16-8-11-12(17-14)6-10(7-13(11)18-19)9-4-2-1-3-5-9/h1-5,8,10,19H,6-7H2,(H2,15,16,17)/b18-13+. The van der Waals surface area contributed by atoms with Crippen LogP contribution in [0.1, 0.15) is 29.2 Å². The minimum atomic E-state index is 0.254. The fourth-order valence-corrected chi connectivity index (χ4v) is 2.53. The van der Waals surface area contributed by atoms with Gasteiger partial charge in [-0.1, -0.05) is 35.5 Å². The van der Waals surface area contributed by atoms with Crippen molar-refractivity contribution in [2.75, 3.05) is 5.73 Å². The van der Waals surface area contributed by atoms with Crippen molar-refractivity contribution in [2.45, 2.75) is 18.8 Å². The molecule has 2 aromatic rings. The summed E-state index contributed by atoms with van der Waals surface area (Å²) in [6, 6.07) is 10.2. The molecule has 1 aliphatic rings. The molecule has 96 valence electrons. The Morgan fingerprint density at radius 1 is 1.21 bits per heavy atom. The van der Waals surface area contributed by atoms with Crippen LogP contribution in [0.25, 0.3) is 0 Å². The predicted molar refractivity (Wildman–Crippen MR) is 72.3 cm³/mol. The Labute approximate surface area is 110 Å². The minimum absolute atomic E-state index is 0.254. The van der Waals surface area contributed by atoms with Crippen LogP contribution in [0.4, 0.5) is 5.95 Å². The molecule has 1 unspecified atom stereocenters. The van der Waals surface area contributed by atoms with Gasteiger partial charge in [0.1, 0.15) is 0 Å². The highest BCUT2D eigenvalue weighted by atomic mass is 16.4. The van der Waals surface area contributed by atoms with Gasteiger partial charge in [-0.2, -0.15) is 0 Å². The quantitative estimate of drug-likeness (QED) is 0.602. The Hall–Kier alpha value is -2.43. The normalized spacial score (nSPS) is 20.2. The van der Waals surface area contributed by atoms with Gasteiger partial charge in [0.15, 0.2) is 0 Å². The van der Waals surface area contributed by atoms with Gasteiger partial charge in [-0.15, -0.1) is 0 Å². The second-order valence-electron chi connectivity index (χ2n) is 4.65. The van der Waals surface area contributed by atoms with Gasteiger partial charge in [0.25, 0.3) is 0 Å². The van der Waals surface area contributed by atoms with E-state index in [9.17, 15) is 5.21 Å². The van der Waals surface area contributed by atoms with Gasteiger partial charge in [-0.3, -0.25) is 0 Å². The van der Waals surface area contributed by atoms with Crippen LogP contribution in [0, 0.1) is 0 Å². The van der Waals surface area contributed by atoms with Gasteiger partial charge < -0.3 is 10.9 Å². The van der Waals surface area contributed by atoms with Gasteiger partial charge in [-0.25, -0.2) is 9.97 Å². The lowest BCUT2D eigenvalue weighted by atomic mass is 9.82. The molecule has 0 fully saturated rings. The Morgan fingerprint density at radius 2 is 2.00 bits per heavy atom. The molecule has 3 rings (SSSR count). The maximum atomic E-state index is 9.17. The molecule has 0 aliphatic heterocycles. The van der Waals surface area contributed by atoms with Crippen molar-refractivity contribution in [1.29, 1.82) is 0 Å². The Bertz CT molecular complexity index is 625. The molecule has 1 aromatic heterocycles. The molecule has 1 atom stereocenters. The molecule has 0 radical (unpaired) electrons. The SMILES string of the molecule is Nc1ncc2c(n1)CC(c1ccccc1)C/C2=N\O. The van der Waals surface area contributed by atoms with Crippen LogP contribution in [0.3, 0.4) is 0 Å². The van der Waals surface area contributed by atoms with E-state index in [0.29, 0.717) is 12.1 Å². The monoisotopic (exact) mass is 254 g/mol. The molecular weight excluding hydrogens is 240 g/mol. The summed E-state index contributed by atoms with van der Waals surface area (Å²) in [7, 11) is 0. The minimum Gasteiger partial charge on any atom is -0.411 e. The molecule has 0 saturated carbocycles. The molecule has 0 saturated heterocycles. The summed E-state index contributed by atoms with van der Waals surface area (Å²) in [6.45, 7) is 0. The van der Waals surface area contributed by atoms with Crippen molar-refractivity contribution in [3.63, 3.8) is 0 Å². The number of anilines is 1. The van der Waals surface area contributed by atoms with Crippen LogP contribution in [-0.2, 0) is 6.42 Å². The van der Waals surface area contributed by atoms with Crippen LogP contribution >= 0.6 is 0 Å². The summed E-state index contributed by atoms with van der Waals surface area (Å²) in [5, 5.41) is 12.6. The van der Waals surface area contributed by atoms with E-state index in [2.05, 4.69) is 27.3 Å². The summed E-state index contributed by atoms with van der Waals surface area (Å²) in [5.74, 6) is 0.513. The Balaban J connectivity index is 2.02. The number of fused-ring (bicyclic) bond motifs is 1. The summed E-state index contributed by atoms with van der Waals surface area (Å²) in [5.41, 5.74) is 9.11. The Morgan fingerprint density at radius 3 is 2.74 bits per heavy atom. The van der Waals surface area contributed by atoms with Gasteiger partial charge in [0, 0.05) is 18.2 Å². The first-order valence-corrected chi connectivity index (χ1v) is 6.15. The molecule has 0 bridgehead atoms. The van der Waals surface area contributed by atoms with Gasteiger partial charge >= 0.3 is 0 Å². The lowest BCUT2D eigenvalue weighted by molar-refractivity contribution is 0.316. The molecule has 3 N–H and O–H groups in total. The molecule has 0 amide bonds. The summed E-state index contributed by atoms with van der Waals surface area (Å²) < 4.78 is 0. The smallest absolute Gasteiger partial charge is 0.220 e. The largest absolute Gasteiger partial charge is 0.411 e. The van der Waals surface area contributed by atoms with E-state index in [0.717, 1.165) is 17.7 Å². The zero-order chi connectivity index (χ0) is 13.2. The highest BCUT2D eigenvalue weighted by molar-refractivity contribution is 6.02. The number of benzene rings is 1. The zero-order valence-corrected chi connectivity index (χ0v) is 10.3. The third-order valence-electron chi connectivity index (χ3n) is 3.47. The first kappa shape index (κ1) is 11.6. The summed E-state index contributed by atoms with van der Waals surface area (Å²) >= 11 is 0. The number of nitrogens with zero attached hydrogens (tertiary/aromatic N) is 3. The van der Waals surface area contributed by atoms with Crippen LogP contribution in [0.15, 0.2) is 41.7 Å². The fraction of sp³-hybridized carbons (Fsp3) is 0.214. The molecule has 19 heavy (non-hydrogen) atoms. The molecule has 1 aromatic carbocycles. The third kappa shape index (κ3) is 2.14. The fourth-order valence-electron chi connectivity index (χ4n) is 2.53. The topological polar surface area (TPSA) is 84.4 Å². The second kappa shape index (κ2) is 4.68. The molecule has 1 aliphatic carbocycles. The number of aromatic nitrogens is 2. The number of nitrogens with two attached hydrogens (primary N) is 1. The van der Waals surface area contributed by atoms with E-state index < -0.39 is 0 Å². The summed E-state index contributed by atoms with van der Waals surface area (Å²) in [6.07, 6.45) is 3.10. The lowest BCUT2D eigenvalue weighted by Crippen LogP contribution is -2.22. The van der Waals surface area contributed by atoms with Crippen molar-refractivity contribution >= 4 is 11.7 Å². The first-order chi connectivity index (χ1) is 9.28. The van der Waals surface area contributed by atoms with Crippen LogP contribution < -0.4 is 5.73 Å². The van der Waals surface area contributed by atoms with Gasteiger partial charge in [-0.05, 0) is 17.9 Å². The number of nitrogen functional groups attached to an aromatic ring is 1. The van der Waals surface area contributed by atoms with E-state index in [1.54, 1.807) is 6.20 Å². The highest BCUT2D eigenvalue weighted by Gasteiger charge is 2.26. The van der Waals surface area contributed by atoms with Crippen molar-refractivity contribution in [1.82, 2.24) is 9.97 Å². The molecule has 5 heteroatoms. The number of hydrogen-bond donors (Lipinski definition) is 2. The van der Waals surface area contributed by atoms with Crippen molar-refractivity contribution in [3.05, 3.63) is 53.3 Å². The van der Waals surface area contributed by atoms with E-state index in [-0.39, 0.29) is 11.9 Å². The average Bonchev–Trinajstić information content (AvgIpc) is 2.46. The molecule has 1 heterocycles. The second-order valence-corrected chi connectivity index (χ2v) is 4.65. The van der Waals surface area contributed by atoms with E-state index in [4.69, 9.17) is 5.73 Å². The summed E-state index contributed by atoms with van der Waals surface area (Å²) in [4.78, 5) is 8.23. The number of oxime groups is 1. The Kier molecular flexibility index (Phi) is 2.87. The molecule has 0 spiro atoms. The molecular formula is C14H14N4O. The maximum absolute atomic E-state index is 9.17. The van der Waals surface area contributed by atoms with Crippen molar-refractivity contribution < 1.29 is 5.21 Å². The van der Waals surface area contributed by atoms with Crippen LogP contribution in [0.2, 0.25) is 0 Å². The van der Waals surface area contributed by atoms with E-state index >= 15 is 0 Å². The number of hydrogen-bond acceptors (Lipinski definition) is 5. The zero-order valence-electron chi connectivity index (χ0n) is 10.3. The van der Waals surface area contributed by atoms with Crippen LogP contribution in [0.5, 0.6) is 0 Å². The average molecular weight is 254 g/mol. The van der Waals surface area contributed by atoms with Gasteiger partial charge in [0.2, 0.25) is 5.95 Å². The van der Waals surface area contributed by atoms with Crippen LogP contribution in [-0.4, -0.2) is 20.9 Å². The van der Waals surface area contributed by atoms with Crippen molar-refractivity contribution in [3.8, 4) is 0 Å². The maximum Gasteiger partial charge on any atom is 0.220 e. The van der Waals surface area contributed by atoms with Gasteiger partial charge in [0.05, 0.1) is 11.4 Å². The first-order valence-electron chi connectivity index (χ1n) is 6.15. The van der Waals surface area contributed by atoms with E-state index in [1.807, 2.05) is 18.2 Å². The third-order valence-corrected chi connectivity index (χ3v) is 3.47. The number of rotatable bonds is 1. The predicted octanol–water partition coefficient (Wildman–Crippen LogP) is 1.97. The highest BCUT2D eigenvalue weighted by Crippen LogP contribution is 2.31. The lowest BCUT2D eigenvalue weighted by Gasteiger charge is -2.24. The van der Waals surface area contributed by atoms with Crippen molar-refractivity contribution in [2.24, 2.45) is 5.16 Å². The van der Waals surface area contributed by atoms with E-state index in [1.165, 1.54) is 5.56 Å².